The molecular formula is C9H3Cl2F3N4. The minimum absolute atomic E-state index is 0.190. The Bertz CT molecular complexity index is 588. The van der Waals surface area contributed by atoms with E-state index in [0.29, 0.717) is 0 Å². The Morgan fingerprint density at radius 3 is 2.11 bits per heavy atom. The van der Waals surface area contributed by atoms with Crippen LogP contribution < -0.4 is 5.32 Å². The minimum Gasteiger partial charge on any atom is -0.321 e. The number of halogens is 5. The Kier molecular flexibility index (Phi) is 3.53. The summed E-state index contributed by atoms with van der Waals surface area (Å²) in [5.74, 6) is -4.50. The molecule has 0 radical (unpaired) electrons. The van der Waals surface area contributed by atoms with E-state index < -0.39 is 17.5 Å². The Hall–Kier alpha value is -1.60. The summed E-state index contributed by atoms with van der Waals surface area (Å²) in [5, 5.41) is 1.87. The summed E-state index contributed by atoms with van der Waals surface area (Å²) in [6.07, 6.45) is 0. The molecule has 0 spiro atoms. The lowest BCUT2D eigenvalue weighted by Crippen LogP contribution is -2.03. The molecule has 1 aromatic heterocycles. The number of rotatable bonds is 2. The van der Waals surface area contributed by atoms with Crippen LogP contribution in [0.2, 0.25) is 10.6 Å². The molecule has 0 aliphatic rings. The number of benzene rings is 1. The summed E-state index contributed by atoms with van der Waals surface area (Å²) >= 11 is 11.0. The first-order valence-electron chi connectivity index (χ1n) is 4.45. The lowest BCUT2D eigenvalue weighted by molar-refractivity contribution is 0.449. The van der Waals surface area contributed by atoms with E-state index in [1.165, 1.54) is 0 Å². The van der Waals surface area contributed by atoms with Crippen LogP contribution in [-0.4, -0.2) is 15.0 Å². The van der Waals surface area contributed by atoms with Gasteiger partial charge in [-0.1, -0.05) is 0 Å². The van der Waals surface area contributed by atoms with Crippen molar-refractivity contribution in [1.82, 2.24) is 15.0 Å². The highest BCUT2D eigenvalue weighted by molar-refractivity contribution is 6.31. The maximum Gasteiger partial charge on any atom is 0.232 e. The predicted molar refractivity (Wildman–Crippen MR) is 59.4 cm³/mol. The fourth-order valence-corrected chi connectivity index (χ4v) is 1.49. The molecular weight excluding hydrogens is 292 g/mol. The first-order chi connectivity index (χ1) is 8.47. The summed E-state index contributed by atoms with van der Waals surface area (Å²) < 4.78 is 39.0. The van der Waals surface area contributed by atoms with Crippen molar-refractivity contribution in [3.63, 3.8) is 0 Å². The van der Waals surface area contributed by atoms with Gasteiger partial charge in [0.1, 0.15) is 0 Å². The molecule has 1 N–H and O–H groups in total. The Morgan fingerprint density at radius 2 is 1.50 bits per heavy atom. The van der Waals surface area contributed by atoms with Gasteiger partial charge in [0.2, 0.25) is 16.5 Å². The van der Waals surface area contributed by atoms with Crippen molar-refractivity contribution < 1.29 is 13.2 Å². The molecule has 2 aromatic rings. The highest BCUT2D eigenvalue weighted by atomic mass is 35.5. The number of nitrogens with zero attached hydrogens (tertiary/aromatic N) is 3. The van der Waals surface area contributed by atoms with Crippen LogP contribution in [0.1, 0.15) is 0 Å². The van der Waals surface area contributed by atoms with E-state index in [1.54, 1.807) is 0 Å². The second-order valence-electron chi connectivity index (χ2n) is 3.04. The average molecular weight is 295 g/mol. The first kappa shape index (κ1) is 12.8. The molecule has 0 saturated heterocycles. The Morgan fingerprint density at radius 1 is 0.889 bits per heavy atom. The first-order valence-corrected chi connectivity index (χ1v) is 5.20. The topological polar surface area (TPSA) is 50.7 Å². The molecule has 1 aromatic carbocycles. The molecule has 0 fully saturated rings. The van der Waals surface area contributed by atoms with Crippen molar-refractivity contribution in [2.45, 2.75) is 0 Å². The monoisotopic (exact) mass is 294 g/mol. The van der Waals surface area contributed by atoms with Crippen LogP contribution >= 0.6 is 23.2 Å². The van der Waals surface area contributed by atoms with Crippen molar-refractivity contribution in [1.29, 1.82) is 0 Å². The van der Waals surface area contributed by atoms with Gasteiger partial charge in [0.25, 0.3) is 0 Å². The Labute approximate surface area is 109 Å². The van der Waals surface area contributed by atoms with Gasteiger partial charge in [-0.3, -0.25) is 0 Å². The number of hydrogen-bond acceptors (Lipinski definition) is 4. The van der Waals surface area contributed by atoms with Crippen LogP contribution in [0.15, 0.2) is 12.1 Å². The van der Waals surface area contributed by atoms with E-state index in [2.05, 4.69) is 20.3 Å². The highest BCUT2D eigenvalue weighted by Crippen LogP contribution is 2.22. The van der Waals surface area contributed by atoms with Crippen molar-refractivity contribution in [2.75, 3.05) is 5.32 Å². The molecule has 0 atom stereocenters. The van der Waals surface area contributed by atoms with Crippen molar-refractivity contribution >= 4 is 34.8 Å². The summed E-state index contributed by atoms with van der Waals surface area (Å²) in [4.78, 5) is 10.6. The Balaban J connectivity index is 2.37. The second-order valence-corrected chi connectivity index (χ2v) is 3.72. The SMILES string of the molecule is Fc1ccc(Nc2nc(Cl)nc(Cl)n2)c(F)c1F. The molecule has 2 rings (SSSR count). The van der Waals surface area contributed by atoms with E-state index in [-0.39, 0.29) is 22.2 Å². The maximum absolute atomic E-state index is 13.3. The molecule has 0 aliphatic heterocycles. The number of hydrogen-bond donors (Lipinski definition) is 1. The highest BCUT2D eigenvalue weighted by Gasteiger charge is 2.14. The fraction of sp³-hybridized carbons (Fsp3) is 0. The number of anilines is 2. The van der Waals surface area contributed by atoms with E-state index in [0.717, 1.165) is 12.1 Å². The number of aromatic nitrogens is 3. The van der Waals surface area contributed by atoms with Gasteiger partial charge < -0.3 is 5.32 Å². The van der Waals surface area contributed by atoms with Crippen molar-refractivity contribution in [2.24, 2.45) is 0 Å². The third-order valence-corrected chi connectivity index (χ3v) is 2.20. The van der Waals surface area contributed by atoms with Gasteiger partial charge in [0.05, 0.1) is 5.69 Å². The largest absolute Gasteiger partial charge is 0.321 e. The van der Waals surface area contributed by atoms with Gasteiger partial charge in [-0.05, 0) is 35.3 Å². The van der Waals surface area contributed by atoms with Crippen LogP contribution in [-0.2, 0) is 0 Å². The normalized spacial score (nSPS) is 10.5. The van der Waals surface area contributed by atoms with E-state index >= 15 is 0 Å². The minimum atomic E-state index is -1.61. The van der Waals surface area contributed by atoms with Crippen LogP contribution in [0.4, 0.5) is 24.8 Å². The third-order valence-electron chi connectivity index (χ3n) is 1.86. The standard InChI is InChI=1S/C9H3Cl2F3N4/c10-7-16-8(11)18-9(17-7)15-4-2-1-3(12)5(13)6(4)14/h1-2H,(H,15,16,17,18). The smallest absolute Gasteiger partial charge is 0.232 e. The molecule has 0 saturated carbocycles. The van der Waals surface area contributed by atoms with E-state index in [9.17, 15) is 13.2 Å². The molecule has 4 nitrogen and oxygen atoms in total. The fourth-order valence-electron chi connectivity index (χ4n) is 1.12. The quantitative estimate of drug-likeness (QED) is 0.863. The predicted octanol–water partition coefficient (Wildman–Crippen LogP) is 3.34. The summed E-state index contributed by atoms with van der Waals surface area (Å²) in [5.41, 5.74) is -0.354. The lowest BCUT2D eigenvalue weighted by Gasteiger charge is -2.06. The average Bonchev–Trinajstić information content (AvgIpc) is 2.29. The molecule has 9 heteroatoms. The van der Waals surface area contributed by atoms with Crippen LogP contribution in [0, 0.1) is 17.5 Å². The molecule has 94 valence electrons. The number of nitrogens with one attached hydrogen (secondary N) is 1. The van der Waals surface area contributed by atoms with E-state index in [4.69, 9.17) is 23.2 Å². The van der Waals surface area contributed by atoms with Gasteiger partial charge in [-0.15, -0.1) is 0 Å². The van der Waals surface area contributed by atoms with E-state index in [1.807, 2.05) is 0 Å². The zero-order valence-corrected chi connectivity index (χ0v) is 9.90. The van der Waals surface area contributed by atoms with Crippen molar-refractivity contribution in [3.8, 4) is 0 Å². The molecule has 0 bridgehead atoms. The summed E-state index contributed by atoms with van der Waals surface area (Å²) in [6.45, 7) is 0. The van der Waals surface area contributed by atoms with Crippen LogP contribution in [0.3, 0.4) is 0 Å². The maximum atomic E-state index is 13.3. The molecule has 0 amide bonds. The lowest BCUT2D eigenvalue weighted by atomic mass is 10.3. The third kappa shape index (κ3) is 2.62. The van der Waals surface area contributed by atoms with Gasteiger partial charge in [-0.25, -0.2) is 13.2 Å². The van der Waals surface area contributed by atoms with Gasteiger partial charge in [-0.2, -0.15) is 15.0 Å². The van der Waals surface area contributed by atoms with Crippen molar-refractivity contribution in [3.05, 3.63) is 40.2 Å². The molecule has 0 aliphatic carbocycles. The summed E-state index contributed by atoms with van der Waals surface area (Å²) in [6, 6.07) is 1.74. The van der Waals surface area contributed by atoms with Gasteiger partial charge >= 0.3 is 0 Å². The molecule has 1 heterocycles. The zero-order valence-electron chi connectivity index (χ0n) is 8.39. The summed E-state index contributed by atoms with van der Waals surface area (Å²) in [7, 11) is 0. The van der Waals surface area contributed by atoms with Crippen LogP contribution in [0.5, 0.6) is 0 Å². The molecule has 18 heavy (non-hydrogen) atoms. The van der Waals surface area contributed by atoms with Gasteiger partial charge in [0.15, 0.2) is 17.5 Å². The van der Waals surface area contributed by atoms with Crippen LogP contribution in [0.25, 0.3) is 0 Å². The molecule has 0 unspecified atom stereocenters. The zero-order chi connectivity index (χ0) is 13.3. The second kappa shape index (κ2) is 4.95. The van der Waals surface area contributed by atoms with Gasteiger partial charge in [0, 0.05) is 0 Å².